The number of rotatable bonds is 5. The van der Waals surface area contributed by atoms with E-state index in [9.17, 15) is 4.79 Å². The van der Waals surface area contributed by atoms with Crippen molar-refractivity contribution in [2.75, 3.05) is 32.7 Å². The number of likely N-dealkylation sites (tertiary alicyclic amines) is 2. The minimum absolute atomic E-state index is 0.0774. The molecule has 1 aromatic rings. The van der Waals surface area contributed by atoms with Gasteiger partial charge in [0.2, 0.25) is 5.91 Å². The second-order valence-corrected chi connectivity index (χ2v) is 8.13. The second kappa shape index (κ2) is 6.51. The zero-order valence-corrected chi connectivity index (χ0v) is 14.9. The van der Waals surface area contributed by atoms with E-state index in [4.69, 9.17) is 0 Å². The van der Waals surface area contributed by atoms with Crippen LogP contribution in [0.2, 0.25) is 0 Å². The molecule has 1 aromatic heterocycles. The standard InChI is InChI=1S/C19H30N4O/c1-16-20-8-11-22(16)13-12-21-10-7-19(15-21)6-3-9-23(18(19)24)14-17-4-2-5-17/h8,11,17H,2-7,9-10,12-15H2,1H3/t19-/m0/s1. The van der Waals surface area contributed by atoms with Crippen molar-refractivity contribution in [1.82, 2.24) is 19.4 Å². The minimum atomic E-state index is -0.0774. The summed E-state index contributed by atoms with van der Waals surface area (Å²) in [5, 5.41) is 0. The van der Waals surface area contributed by atoms with Gasteiger partial charge in [-0.2, -0.15) is 0 Å². The van der Waals surface area contributed by atoms with Crippen molar-refractivity contribution in [3.8, 4) is 0 Å². The van der Waals surface area contributed by atoms with Crippen LogP contribution in [0.15, 0.2) is 12.4 Å². The molecule has 1 amide bonds. The lowest BCUT2D eigenvalue weighted by Gasteiger charge is -2.42. The maximum atomic E-state index is 13.1. The Morgan fingerprint density at radius 1 is 1.21 bits per heavy atom. The van der Waals surface area contributed by atoms with Gasteiger partial charge in [-0.15, -0.1) is 0 Å². The molecule has 2 aliphatic heterocycles. The van der Waals surface area contributed by atoms with Crippen molar-refractivity contribution in [2.24, 2.45) is 11.3 Å². The Morgan fingerprint density at radius 2 is 2.08 bits per heavy atom. The Balaban J connectivity index is 1.35. The van der Waals surface area contributed by atoms with Crippen LogP contribution in [0, 0.1) is 18.3 Å². The van der Waals surface area contributed by atoms with Crippen LogP contribution in [0.5, 0.6) is 0 Å². The normalized spacial score (nSPS) is 28.7. The monoisotopic (exact) mass is 330 g/mol. The van der Waals surface area contributed by atoms with E-state index in [1.54, 1.807) is 0 Å². The molecule has 132 valence electrons. The summed E-state index contributed by atoms with van der Waals surface area (Å²) in [6.07, 6.45) is 11.3. The number of hydrogen-bond acceptors (Lipinski definition) is 3. The van der Waals surface area contributed by atoms with Gasteiger partial charge in [-0.25, -0.2) is 4.98 Å². The predicted octanol–water partition coefficient (Wildman–Crippen LogP) is 2.31. The second-order valence-electron chi connectivity index (χ2n) is 8.13. The maximum Gasteiger partial charge on any atom is 0.230 e. The zero-order valence-electron chi connectivity index (χ0n) is 14.9. The van der Waals surface area contributed by atoms with Crippen molar-refractivity contribution in [2.45, 2.75) is 52.0 Å². The van der Waals surface area contributed by atoms with Gasteiger partial charge in [-0.05, 0) is 51.5 Å². The smallest absolute Gasteiger partial charge is 0.230 e. The zero-order chi connectivity index (χ0) is 16.6. The lowest BCUT2D eigenvalue weighted by Crippen LogP contribution is -2.51. The molecule has 3 heterocycles. The van der Waals surface area contributed by atoms with Crippen molar-refractivity contribution in [3.05, 3.63) is 18.2 Å². The topological polar surface area (TPSA) is 41.4 Å². The molecule has 24 heavy (non-hydrogen) atoms. The highest BCUT2D eigenvalue weighted by Crippen LogP contribution is 2.41. The summed E-state index contributed by atoms with van der Waals surface area (Å²) in [6.45, 7) is 8.09. The summed E-state index contributed by atoms with van der Waals surface area (Å²) in [5.41, 5.74) is -0.0774. The molecule has 2 saturated heterocycles. The molecule has 3 aliphatic rings. The first-order valence-electron chi connectivity index (χ1n) is 9.66. The first-order chi connectivity index (χ1) is 11.7. The molecule has 4 rings (SSSR count). The molecular weight excluding hydrogens is 300 g/mol. The van der Waals surface area contributed by atoms with E-state index >= 15 is 0 Å². The van der Waals surface area contributed by atoms with Gasteiger partial charge >= 0.3 is 0 Å². The first-order valence-corrected chi connectivity index (χ1v) is 9.66. The van der Waals surface area contributed by atoms with Gasteiger partial charge in [0.05, 0.1) is 5.41 Å². The van der Waals surface area contributed by atoms with Gasteiger partial charge in [0.1, 0.15) is 5.82 Å². The largest absolute Gasteiger partial charge is 0.342 e. The Morgan fingerprint density at radius 3 is 2.79 bits per heavy atom. The molecule has 0 radical (unpaired) electrons. The van der Waals surface area contributed by atoms with Crippen LogP contribution < -0.4 is 0 Å². The molecule has 0 unspecified atom stereocenters. The van der Waals surface area contributed by atoms with Crippen LogP contribution in [-0.4, -0.2) is 58.0 Å². The first kappa shape index (κ1) is 16.1. The van der Waals surface area contributed by atoms with Crippen molar-refractivity contribution < 1.29 is 4.79 Å². The van der Waals surface area contributed by atoms with Crippen LogP contribution in [0.25, 0.3) is 0 Å². The fourth-order valence-electron chi connectivity index (χ4n) is 4.73. The maximum absolute atomic E-state index is 13.1. The Kier molecular flexibility index (Phi) is 4.37. The number of carbonyl (C=O) groups is 1. The van der Waals surface area contributed by atoms with Gasteiger partial charge in [0.15, 0.2) is 0 Å². The van der Waals surface area contributed by atoms with Crippen LogP contribution in [0.3, 0.4) is 0 Å². The number of hydrogen-bond donors (Lipinski definition) is 0. The summed E-state index contributed by atoms with van der Waals surface area (Å²) in [5.74, 6) is 2.32. The number of aromatic nitrogens is 2. The third-order valence-corrected chi connectivity index (χ3v) is 6.54. The number of imidazole rings is 1. The summed E-state index contributed by atoms with van der Waals surface area (Å²) >= 11 is 0. The fourth-order valence-corrected chi connectivity index (χ4v) is 4.73. The molecular formula is C19H30N4O. The number of nitrogens with zero attached hydrogens (tertiary/aromatic N) is 4. The summed E-state index contributed by atoms with van der Waals surface area (Å²) in [6, 6.07) is 0. The molecule has 1 atom stereocenters. The van der Waals surface area contributed by atoms with E-state index in [1.807, 2.05) is 12.4 Å². The number of piperidine rings is 1. The van der Waals surface area contributed by atoms with Gasteiger partial charge in [-0.3, -0.25) is 4.79 Å². The highest BCUT2D eigenvalue weighted by atomic mass is 16.2. The molecule has 0 N–H and O–H groups in total. The number of aryl methyl sites for hydroxylation is 1. The third kappa shape index (κ3) is 2.99. The van der Waals surface area contributed by atoms with Crippen LogP contribution in [0.1, 0.15) is 44.3 Å². The summed E-state index contributed by atoms with van der Waals surface area (Å²) in [7, 11) is 0. The van der Waals surface area contributed by atoms with Crippen molar-refractivity contribution in [3.63, 3.8) is 0 Å². The van der Waals surface area contributed by atoms with Gasteiger partial charge in [0, 0.05) is 45.1 Å². The Hall–Kier alpha value is -1.36. The summed E-state index contributed by atoms with van der Waals surface area (Å²) in [4.78, 5) is 22.1. The van der Waals surface area contributed by atoms with E-state index in [2.05, 4.69) is 26.3 Å². The molecule has 5 nitrogen and oxygen atoms in total. The van der Waals surface area contributed by atoms with E-state index in [0.29, 0.717) is 5.91 Å². The lowest BCUT2D eigenvalue weighted by atomic mass is 9.77. The van der Waals surface area contributed by atoms with Crippen LogP contribution in [-0.2, 0) is 11.3 Å². The fraction of sp³-hybridized carbons (Fsp3) is 0.789. The molecule has 0 bridgehead atoms. The van der Waals surface area contributed by atoms with Gasteiger partial charge in [0.25, 0.3) is 0 Å². The van der Waals surface area contributed by atoms with Crippen LogP contribution in [0.4, 0.5) is 0 Å². The van der Waals surface area contributed by atoms with E-state index in [1.165, 1.54) is 25.7 Å². The molecule has 1 spiro atoms. The van der Waals surface area contributed by atoms with E-state index < -0.39 is 0 Å². The predicted molar refractivity (Wildman–Crippen MR) is 93.6 cm³/mol. The average Bonchev–Trinajstić information content (AvgIpc) is 3.12. The van der Waals surface area contributed by atoms with Crippen molar-refractivity contribution in [1.29, 1.82) is 0 Å². The minimum Gasteiger partial charge on any atom is -0.342 e. The van der Waals surface area contributed by atoms with E-state index in [0.717, 1.165) is 63.9 Å². The Bertz CT molecular complexity index is 594. The van der Waals surface area contributed by atoms with Gasteiger partial charge < -0.3 is 14.4 Å². The van der Waals surface area contributed by atoms with E-state index in [-0.39, 0.29) is 5.41 Å². The average molecular weight is 330 g/mol. The number of carbonyl (C=O) groups excluding carboxylic acids is 1. The number of amides is 1. The highest BCUT2D eigenvalue weighted by molar-refractivity contribution is 5.84. The molecule has 1 aliphatic carbocycles. The molecule has 5 heteroatoms. The molecule has 3 fully saturated rings. The quantitative estimate of drug-likeness (QED) is 0.832. The van der Waals surface area contributed by atoms with Crippen molar-refractivity contribution >= 4 is 5.91 Å². The van der Waals surface area contributed by atoms with Crippen LogP contribution >= 0.6 is 0 Å². The molecule has 0 aromatic carbocycles. The lowest BCUT2D eigenvalue weighted by molar-refractivity contribution is -0.146. The van der Waals surface area contributed by atoms with Gasteiger partial charge in [-0.1, -0.05) is 6.42 Å². The Labute approximate surface area is 145 Å². The highest BCUT2D eigenvalue weighted by Gasteiger charge is 2.48. The summed E-state index contributed by atoms with van der Waals surface area (Å²) < 4.78 is 2.20. The SMILES string of the molecule is Cc1nccn1CCN1CC[C@@]2(CCCN(CC3CCC3)C2=O)C1. The third-order valence-electron chi connectivity index (χ3n) is 6.54. The molecule has 1 saturated carbocycles.